The summed E-state index contributed by atoms with van der Waals surface area (Å²) in [6.07, 6.45) is 1.01. The largest absolute Gasteiger partial charge is 0.384 e. The maximum atomic E-state index is 12.2. The molecule has 0 saturated carbocycles. The molecule has 1 heterocycles. The second kappa shape index (κ2) is 6.29. The molecule has 0 aliphatic heterocycles. The number of hydrogen-bond donors (Lipinski definition) is 2. The van der Waals surface area contributed by atoms with Crippen LogP contribution in [-0.2, 0) is 0 Å². The Morgan fingerprint density at radius 2 is 2.26 bits per heavy atom. The monoisotopic (exact) mass is 276 g/mol. The van der Waals surface area contributed by atoms with Gasteiger partial charge in [-0.25, -0.2) is 0 Å². The Balaban J connectivity index is 2.21. The van der Waals surface area contributed by atoms with Crippen molar-refractivity contribution in [2.45, 2.75) is 20.3 Å². The van der Waals surface area contributed by atoms with E-state index in [2.05, 4.69) is 27.8 Å². The molecule has 2 aromatic rings. The maximum absolute atomic E-state index is 12.2. The number of nitrogens with zero attached hydrogens (tertiary/aromatic N) is 2. The minimum Gasteiger partial charge on any atom is -0.384 e. The number of nitrogens with one attached hydrogen (secondary N) is 2. The van der Waals surface area contributed by atoms with Crippen molar-refractivity contribution in [2.75, 3.05) is 17.2 Å². The predicted octanol–water partition coefficient (Wildman–Crippen LogP) is 2.92. The SMILES string of the molecule is CCCNc1ccc(C)cc1C(=O)Nc1nncs1. The highest BCUT2D eigenvalue weighted by Gasteiger charge is 2.13. The van der Waals surface area contributed by atoms with Crippen molar-refractivity contribution in [1.82, 2.24) is 10.2 Å². The van der Waals surface area contributed by atoms with E-state index in [1.165, 1.54) is 11.3 Å². The highest BCUT2D eigenvalue weighted by atomic mass is 32.1. The molecule has 0 atom stereocenters. The first kappa shape index (κ1) is 13.5. The van der Waals surface area contributed by atoms with Crippen LogP contribution in [-0.4, -0.2) is 22.6 Å². The molecule has 0 aliphatic rings. The Bertz CT molecular complexity index is 554. The quantitative estimate of drug-likeness (QED) is 0.881. The van der Waals surface area contributed by atoms with Gasteiger partial charge in [0.05, 0.1) is 5.56 Å². The lowest BCUT2D eigenvalue weighted by atomic mass is 10.1. The normalized spacial score (nSPS) is 10.2. The van der Waals surface area contributed by atoms with Crippen LogP contribution in [0.1, 0.15) is 29.3 Å². The van der Waals surface area contributed by atoms with E-state index in [9.17, 15) is 4.79 Å². The van der Waals surface area contributed by atoms with Gasteiger partial charge in [-0.1, -0.05) is 29.9 Å². The van der Waals surface area contributed by atoms with Crippen LogP contribution < -0.4 is 10.6 Å². The lowest BCUT2D eigenvalue weighted by Crippen LogP contribution is -2.15. The number of carbonyl (C=O) groups excluding carboxylic acids is 1. The molecular weight excluding hydrogens is 260 g/mol. The Hall–Kier alpha value is -1.95. The maximum Gasteiger partial charge on any atom is 0.259 e. The van der Waals surface area contributed by atoms with E-state index >= 15 is 0 Å². The van der Waals surface area contributed by atoms with E-state index in [-0.39, 0.29) is 5.91 Å². The molecule has 0 saturated heterocycles. The number of aromatic nitrogens is 2. The molecular formula is C13H16N4OS. The molecule has 0 bridgehead atoms. The zero-order chi connectivity index (χ0) is 13.7. The number of amides is 1. The number of aryl methyl sites for hydroxylation is 1. The fraction of sp³-hybridized carbons (Fsp3) is 0.308. The summed E-state index contributed by atoms with van der Waals surface area (Å²) in [5, 5.41) is 14.0. The van der Waals surface area contributed by atoms with Crippen LogP contribution in [0.3, 0.4) is 0 Å². The third kappa shape index (κ3) is 3.51. The van der Waals surface area contributed by atoms with E-state index < -0.39 is 0 Å². The van der Waals surface area contributed by atoms with Gasteiger partial charge >= 0.3 is 0 Å². The van der Waals surface area contributed by atoms with Crippen LogP contribution >= 0.6 is 11.3 Å². The van der Waals surface area contributed by atoms with Crippen molar-refractivity contribution in [3.63, 3.8) is 0 Å². The van der Waals surface area contributed by atoms with Crippen LogP contribution in [0.15, 0.2) is 23.7 Å². The van der Waals surface area contributed by atoms with Crippen molar-refractivity contribution in [2.24, 2.45) is 0 Å². The number of hydrogen-bond acceptors (Lipinski definition) is 5. The van der Waals surface area contributed by atoms with E-state index in [4.69, 9.17) is 0 Å². The summed E-state index contributed by atoms with van der Waals surface area (Å²) in [6.45, 7) is 4.88. The summed E-state index contributed by atoms with van der Waals surface area (Å²) >= 11 is 1.30. The Morgan fingerprint density at radius 1 is 1.42 bits per heavy atom. The molecule has 0 aliphatic carbocycles. The van der Waals surface area contributed by atoms with Crippen LogP contribution in [0.5, 0.6) is 0 Å². The van der Waals surface area contributed by atoms with E-state index in [1.54, 1.807) is 5.51 Å². The number of carbonyl (C=O) groups is 1. The molecule has 5 nitrogen and oxygen atoms in total. The molecule has 0 unspecified atom stereocenters. The highest BCUT2D eigenvalue weighted by Crippen LogP contribution is 2.19. The summed E-state index contributed by atoms with van der Waals surface area (Å²) in [5.74, 6) is -0.168. The lowest BCUT2D eigenvalue weighted by Gasteiger charge is -2.11. The van der Waals surface area contributed by atoms with Gasteiger partial charge in [-0.2, -0.15) is 0 Å². The van der Waals surface area contributed by atoms with Gasteiger partial charge in [-0.05, 0) is 25.5 Å². The van der Waals surface area contributed by atoms with Crippen molar-refractivity contribution in [3.8, 4) is 0 Å². The van der Waals surface area contributed by atoms with Gasteiger partial charge in [-0.3, -0.25) is 10.1 Å². The topological polar surface area (TPSA) is 66.9 Å². The van der Waals surface area contributed by atoms with Crippen LogP contribution in [0, 0.1) is 6.92 Å². The molecule has 100 valence electrons. The summed E-state index contributed by atoms with van der Waals surface area (Å²) in [7, 11) is 0. The van der Waals surface area contributed by atoms with Crippen molar-refractivity contribution in [1.29, 1.82) is 0 Å². The summed E-state index contributed by atoms with van der Waals surface area (Å²) in [6, 6.07) is 5.79. The third-order valence-electron chi connectivity index (χ3n) is 2.57. The minimum absolute atomic E-state index is 0.168. The summed E-state index contributed by atoms with van der Waals surface area (Å²) in [4.78, 5) is 12.2. The standard InChI is InChI=1S/C13H16N4OS/c1-3-6-14-11-5-4-9(2)7-10(11)12(18)16-13-17-15-8-19-13/h4-5,7-8,14H,3,6H2,1-2H3,(H,16,17,18). The molecule has 0 spiro atoms. The molecule has 0 radical (unpaired) electrons. The second-order valence-corrected chi connectivity index (χ2v) is 5.01. The average Bonchev–Trinajstić information content (AvgIpc) is 2.90. The smallest absolute Gasteiger partial charge is 0.259 e. The second-order valence-electron chi connectivity index (χ2n) is 4.17. The molecule has 2 N–H and O–H groups in total. The number of benzene rings is 1. The Labute approximate surface area is 116 Å². The van der Waals surface area contributed by atoms with Gasteiger partial charge in [0.25, 0.3) is 5.91 Å². The number of anilines is 2. The molecule has 1 aromatic heterocycles. The molecule has 1 amide bonds. The van der Waals surface area contributed by atoms with Gasteiger partial charge in [-0.15, -0.1) is 10.2 Å². The highest BCUT2D eigenvalue weighted by molar-refractivity contribution is 7.13. The first-order chi connectivity index (χ1) is 9.20. The van der Waals surface area contributed by atoms with Crippen LogP contribution in [0.25, 0.3) is 0 Å². The molecule has 1 aromatic carbocycles. The summed E-state index contributed by atoms with van der Waals surface area (Å²) in [5.41, 5.74) is 4.10. The zero-order valence-corrected chi connectivity index (χ0v) is 11.8. The molecule has 6 heteroatoms. The van der Waals surface area contributed by atoms with E-state index in [0.29, 0.717) is 10.7 Å². The van der Waals surface area contributed by atoms with Crippen molar-refractivity contribution >= 4 is 28.1 Å². The first-order valence-corrected chi connectivity index (χ1v) is 7.00. The van der Waals surface area contributed by atoms with Gasteiger partial charge in [0, 0.05) is 12.2 Å². The Kier molecular flexibility index (Phi) is 4.46. The Morgan fingerprint density at radius 3 is 2.95 bits per heavy atom. The van der Waals surface area contributed by atoms with Crippen LogP contribution in [0.2, 0.25) is 0 Å². The van der Waals surface area contributed by atoms with Crippen molar-refractivity contribution in [3.05, 3.63) is 34.8 Å². The van der Waals surface area contributed by atoms with Gasteiger partial charge in [0.15, 0.2) is 0 Å². The fourth-order valence-corrected chi connectivity index (χ4v) is 2.09. The molecule has 0 fully saturated rings. The fourth-order valence-electron chi connectivity index (χ4n) is 1.65. The average molecular weight is 276 g/mol. The number of rotatable bonds is 5. The van der Waals surface area contributed by atoms with Gasteiger partial charge in [0.1, 0.15) is 5.51 Å². The predicted molar refractivity (Wildman–Crippen MR) is 77.8 cm³/mol. The van der Waals surface area contributed by atoms with Gasteiger partial charge < -0.3 is 5.32 Å². The zero-order valence-electron chi connectivity index (χ0n) is 10.9. The van der Waals surface area contributed by atoms with Crippen molar-refractivity contribution < 1.29 is 4.79 Å². The van der Waals surface area contributed by atoms with Gasteiger partial charge in [0.2, 0.25) is 5.13 Å². The third-order valence-corrected chi connectivity index (χ3v) is 3.17. The van der Waals surface area contributed by atoms with E-state index in [0.717, 1.165) is 24.2 Å². The molecule has 19 heavy (non-hydrogen) atoms. The molecule has 2 rings (SSSR count). The lowest BCUT2D eigenvalue weighted by molar-refractivity contribution is 0.102. The van der Waals surface area contributed by atoms with E-state index in [1.807, 2.05) is 25.1 Å². The minimum atomic E-state index is -0.168. The van der Waals surface area contributed by atoms with Crippen LogP contribution in [0.4, 0.5) is 10.8 Å². The first-order valence-electron chi connectivity index (χ1n) is 6.12. The summed E-state index contributed by atoms with van der Waals surface area (Å²) < 4.78 is 0.